The Balaban J connectivity index is 1.20. The Labute approximate surface area is 221 Å². The van der Waals surface area contributed by atoms with E-state index in [4.69, 9.17) is 0 Å². The molecule has 0 spiro atoms. The summed E-state index contributed by atoms with van der Waals surface area (Å²) in [6.45, 7) is 5.63. The number of benzene rings is 2. The summed E-state index contributed by atoms with van der Waals surface area (Å²) < 4.78 is 15.0. The first-order valence-corrected chi connectivity index (χ1v) is 14.1. The topological polar surface area (TPSA) is 78.5 Å². The predicted molar refractivity (Wildman–Crippen MR) is 141 cm³/mol. The van der Waals surface area contributed by atoms with Gasteiger partial charge < -0.3 is 10.2 Å². The van der Waals surface area contributed by atoms with Gasteiger partial charge in [-0.25, -0.2) is 4.39 Å². The van der Waals surface area contributed by atoms with Crippen LogP contribution in [0.25, 0.3) is 0 Å². The standard InChI is InChI=1S/C29H34FN3O3S/c1-29(2)12-10-20(11-13-29)31-15-18-6-7-19(23(30)14-18)17-37-25-5-3-4-21-22(25)16-33(28(21)36)24-8-9-26(34)32-27(24)35/h3-7,14,20,24,31H,8-13,15-17H2,1-2H3,(H,32,34,35). The van der Waals surface area contributed by atoms with Crippen molar-refractivity contribution in [3.63, 3.8) is 0 Å². The molecule has 5 rings (SSSR count). The second-order valence-electron chi connectivity index (χ2n) is 11.2. The number of halogens is 1. The number of nitrogens with zero attached hydrogens (tertiary/aromatic N) is 1. The van der Waals surface area contributed by atoms with Crippen molar-refractivity contribution in [2.45, 2.75) is 88.2 Å². The lowest BCUT2D eigenvalue weighted by Gasteiger charge is -2.34. The molecule has 1 saturated carbocycles. The number of hydrogen-bond acceptors (Lipinski definition) is 5. The fraction of sp³-hybridized carbons (Fsp3) is 0.483. The highest BCUT2D eigenvalue weighted by atomic mass is 32.2. The maximum absolute atomic E-state index is 15.0. The van der Waals surface area contributed by atoms with Crippen molar-refractivity contribution in [2.75, 3.05) is 0 Å². The summed E-state index contributed by atoms with van der Waals surface area (Å²) in [5.74, 6) is -0.693. The summed E-state index contributed by atoms with van der Waals surface area (Å²) in [4.78, 5) is 39.3. The third-order valence-corrected chi connectivity index (χ3v) is 9.12. The summed E-state index contributed by atoms with van der Waals surface area (Å²) in [5.41, 5.74) is 3.43. The Kier molecular flexibility index (Phi) is 7.41. The zero-order valence-corrected chi connectivity index (χ0v) is 22.3. The highest BCUT2D eigenvalue weighted by Crippen LogP contribution is 2.37. The molecular weight excluding hydrogens is 489 g/mol. The zero-order valence-electron chi connectivity index (χ0n) is 21.4. The minimum atomic E-state index is -0.644. The van der Waals surface area contributed by atoms with E-state index >= 15 is 0 Å². The third-order valence-electron chi connectivity index (χ3n) is 7.97. The summed E-state index contributed by atoms with van der Waals surface area (Å²) in [6, 6.07) is 10.8. The van der Waals surface area contributed by atoms with Crippen LogP contribution in [0.5, 0.6) is 0 Å². The maximum Gasteiger partial charge on any atom is 0.255 e. The molecule has 2 fully saturated rings. The summed E-state index contributed by atoms with van der Waals surface area (Å²) in [7, 11) is 0. The first kappa shape index (κ1) is 25.9. The quantitative estimate of drug-likeness (QED) is 0.397. The fourth-order valence-electron chi connectivity index (χ4n) is 5.53. The molecule has 1 saturated heterocycles. The van der Waals surface area contributed by atoms with E-state index in [1.54, 1.807) is 17.0 Å². The number of carbonyl (C=O) groups excluding carboxylic acids is 3. The number of imide groups is 1. The predicted octanol–water partition coefficient (Wildman–Crippen LogP) is 4.94. The second kappa shape index (κ2) is 10.6. The average Bonchev–Trinajstić information content (AvgIpc) is 3.19. The molecule has 2 aromatic rings. The van der Waals surface area contributed by atoms with E-state index in [1.165, 1.54) is 24.6 Å². The maximum atomic E-state index is 15.0. The van der Waals surface area contributed by atoms with Crippen molar-refractivity contribution in [1.82, 2.24) is 15.5 Å². The number of carbonyl (C=O) groups is 3. The van der Waals surface area contributed by atoms with E-state index in [9.17, 15) is 18.8 Å². The van der Waals surface area contributed by atoms with Crippen LogP contribution in [0, 0.1) is 11.2 Å². The van der Waals surface area contributed by atoms with Gasteiger partial charge in [0.2, 0.25) is 11.8 Å². The Morgan fingerprint density at radius 2 is 1.89 bits per heavy atom. The third kappa shape index (κ3) is 5.75. The van der Waals surface area contributed by atoms with Gasteiger partial charge in [-0.15, -0.1) is 11.8 Å². The lowest BCUT2D eigenvalue weighted by molar-refractivity contribution is -0.136. The Bertz CT molecular complexity index is 1220. The Hall–Kier alpha value is -2.71. The molecule has 0 radical (unpaired) electrons. The number of amides is 3. The van der Waals surface area contributed by atoms with Crippen LogP contribution in [0.3, 0.4) is 0 Å². The van der Waals surface area contributed by atoms with Gasteiger partial charge >= 0.3 is 0 Å². The molecule has 1 aliphatic carbocycles. The van der Waals surface area contributed by atoms with Crippen molar-refractivity contribution in [3.8, 4) is 0 Å². The van der Waals surface area contributed by atoms with Gasteiger partial charge in [-0.05, 0) is 72.4 Å². The fourth-order valence-corrected chi connectivity index (χ4v) is 6.60. The molecule has 37 heavy (non-hydrogen) atoms. The normalized spacial score (nSPS) is 21.8. The van der Waals surface area contributed by atoms with Crippen LogP contribution in [0.1, 0.15) is 79.4 Å². The molecule has 6 nitrogen and oxygen atoms in total. The molecular formula is C29H34FN3O3S. The van der Waals surface area contributed by atoms with E-state index in [0.29, 0.717) is 47.8 Å². The van der Waals surface area contributed by atoms with Gasteiger partial charge in [-0.1, -0.05) is 32.0 Å². The largest absolute Gasteiger partial charge is 0.322 e. The lowest BCUT2D eigenvalue weighted by atomic mass is 9.75. The number of nitrogens with one attached hydrogen (secondary N) is 2. The van der Waals surface area contributed by atoms with Gasteiger partial charge in [-0.3, -0.25) is 19.7 Å². The van der Waals surface area contributed by atoms with Crippen LogP contribution in [0.15, 0.2) is 41.3 Å². The minimum Gasteiger partial charge on any atom is -0.322 e. The highest BCUT2D eigenvalue weighted by Gasteiger charge is 2.39. The number of piperidine rings is 1. The van der Waals surface area contributed by atoms with Crippen molar-refractivity contribution in [2.24, 2.45) is 5.41 Å². The molecule has 196 valence electrons. The molecule has 1 unspecified atom stereocenters. The molecule has 2 aliphatic heterocycles. The van der Waals surface area contributed by atoms with Crippen molar-refractivity contribution in [1.29, 1.82) is 0 Å². The molecule has 1 atom stereocenters. The van der Waals surface area contributed by atoms with E-state index in [2.05, 4.69) is 24.5 Å². The second-order valence-corrected chi connectivity index (χ2v) is 12.2. The van der Waals surface area contributed by atoms with Gasteiger partial charge in [0.15, 0.2) is 0 Å². The van der Waals surface area contributed by atoms with Gasteiger partial charge in [0, 0.05) is 41.8 Å². The zero-order chi connectivity index (χ0) is 26.2. The average molecular weight is 524 g/mol. The van der Waals surface area contributed by atoms with Crippen molar-refractivity contribution in [3.05, 3.63) is 64.5 Å². The molecule has 3 amide bonds. The lowest BCUT2D eigenvalue weighted by Crippen LogP contribution is -2.52. The van der Waals surface area contributed by atoms with E-state index < -0.39 is 11.9 Å². The van der Waals surface area contributed by atoms with Gasteiger partial charge in [-0.2, -0.15) is 0 Å². The Morgan fingerprint density at radius 3 is 2.62 bits per heavy atom. The minimum absolute atomic E-state index is 0.198. The van der Waals surface area contributed by atoms with Gasteiger partial charge in [0.05, 0.1) is 0 Å². The smallest absolute Gasteiger partial charge is 0.255 e. The number of hydrogen-bond donors (Lipinski definition) is 2. The Morgan fingerprint density at radius 1 is 1.11 bits per heavy atom. The first-order valence-electron chi connectivity index (χ1n) is 13.1. The van der Waals surface area contributed by atoms with Crippen molar-refractivity contribution >= 4 is 29.5 Å². The summed E-state index contributed by atoms with van der Waals surface area (Å²) in [5, 5.41) is 5.93. The van der Waals surface area contributed by atoms with E-state index in [1.807, 2.05) is 24.3 Å². The molecule has 8 heteroatoms. The van der Waals surface area contributed by atoms with E-state index in [0.717, 1.165) is 28.9 Å². The van der Waals surface area contributed by atoms with E-state index in [-0.39, 0.29) is 24.1 Å². The van der Waals surface area contributed by atoms with Crippen LogP contribution < -0.4 is 10.6 Å². The molecule has 0 bridgehead atoms. The molecule has 3 aliphatic rings. The number of thioether (sulfide) groups is 1. The molecule has 2 N–H and O–H groups in total. The van der Waals surface area contributed by atoms with Crippen LogP contribution in [0.4, 0.5) is 4.39 Å². The summed E-state index contributed by atoms with van der Waals surface area (Å²) >= 11 is 1.50. The number of rotatable bonds is 7. The van der Waals surface area contributed by atoms with Crippen LogP contribution >= 0.6 is 11.8 Å². The SMILES string of the molecule is CC1(C)CCC(NCc2ccc(CSc3cccc4c3CN(C3CCC(=O)NC3=O)C4=O)c(F)c2)CC1. The molecule has 2 heterocycles. The molecule has 2 aromatic carbocycles. The first-order chi connectivity index (χ1) is 17.7. The summed E-state index contributed by atoms with van der Waals surface area (Å²) in [6.07, 6.45) is 5.31. The van der Waals surface area contributed by atoms with Crippen LogP contribution in [-0.2, 0) is 28.4 Å². The molecule has 0 aromatic heterocycles. The monoisotopic (exact) mass is 523 g/mol. The van der Waals surface area contributed by atoms with Crippen LogP contribution in [0.2, 0.25) is 0 Å². The highest BCUT2D eigenvalue weighted by molar-refractivity contribution is 7.98. The van der Waals surface area contributed by atoms with Gasteiger partial charge in [0.25, 0.3) is 5.91 Å². The van der Waals surface area contributed by atoms with Crippen molar-refractivity contribution < 1.29 is 18.8 Å². The van der Waals surface area contributed by atoms with Crippen LogP contribution in [-0.4, -0.2) is 34.7 Å². The van der Waals surface area contributed by atoms with Gasteiger partial charge in [0.1, 0.15) is 11.9 Å². The number of fused-ring (bicyclic) bond motifs is 1.